The van der Waals surface area contributed by atoms with Crippen LogP contribution >= 0.6 is 11.6 Å². The number of aliphatic imine (C=N–C) groups is 1. The van der Waals surface area contributed by atoms with Crippen molar-refractivity contribution in [3.05, 3.63) is 12.8 Å². The van der Waals surface area contributed by atoms with E-state index in [0.717, 1.165) is 11.1 Å². The minimum atomic E-state index is -4.51. The average Bonchev–Trinajstić information content (AvgIpc) is 1.96. The van der Waals surface area contributed by atoms with Gasteiger partial charge in [-0.15, -0.1) is 0 Å². The van der Waals surface area contributed by atoms with E-state index in [2.05, 4.69) is 11.6 Å². The molecule has 0 heterocycles. The molecule has 0 bridgehead atoms. The van der Waals surface area contributed by atoms with Gasteiger partial charge in [-0.3, -0.25) is 0 Å². The van der Waals surface area contributed by atoms with Crippen molar-refractivity contribution in [2.75, 3.05) is 7.05 Å². The molecule has 0 aliphatic carbocycles. The molecule has 0 saturated heterocycles. The van der Waals surface area contributed by atoms with E-state index in [1.807, 2.05) is 0 Å². The van der Waals surface area contributed by atoms with Gasteiger partial charge in [0, 0.05) is 13.2 Å². The van der Waals surface area contributed by atoms with Crippen molar-refractivity contribution in [1.29, 1.82) is 0 Å². The zero-order chi connectivity index (χ0) is 10.6. The molecule has 0 amide bonds. The summed E-state index contributed by atoms with van der Waals surface area (Å²) in [6, 6.07) is 0. The molecule has 0 aromatic rings. The molecule has 0 aromatic heterocycles. The zero-order valence-electron chi connectivity index (χ0n) is 7.27. The Morgan fingerprint density at radius 2 is 2.08 bits per heavy atom. The molecule has 2 nitrogen and oxygen atoms in total. The van der Waals surface area contributed by atoms with Crippen LogP contribution in [0.2, 0.25) is 0 Å². The van der Waals surface area contributed by atoms with Gasteiger partial charge in [0.25, 0.3) is 0 Å². The van der Waals surface area contributed by atoms with E-state index < -0.39 is 17.5 Å². The topological polar surface area (TPSA) is 15.6 Å². The Balaban J connectivity index is 4.83. The average molecular weight is 215 g/mol. The van der Waals surface area contributed by atoms with E-state index in [1.54, 1.807) is 0 Å². The Morgan fingerprint density at radius 1 is 1.62 bits per heavy atom. The van der Waals surface area contributed by atoms with Gasteiger partial charge >= 0.3 is 6.18 Å². The number of nitrogens with zero attached hydrogens (tertiary/aromatic N) is 2. The highest BCUT2D eigenvalue weighted by Crippen LogP contribution is 2.21. The van der Waals surface area contributed by atoms with Crippen molar-refractivity contribution in [3.63, 3.8) is 0 Å². The second-order valence-corrected chi connectivity index (χ2v) is 2.95. The summed E-state index contributed by atoms with van der Waals surface area (Å²) < 4.78 is 36.7. The van der Waals surface area contributed by atoms with Crippen molar-refractivity contribution in [1.82, 2.24) is 4.90 Å². The second kappa shape index (κ2) is 4.50. The van der Waals surface area contributed by atoms with Crippen LogP contribution in [-0.2, 0) is 0 Å². The Hall–Kier alpha value is -0.710. The lowest BCUT2D eigenvalue weighted by Gasteiger charge is -2.24. The Kier molecular flexibility index (Phi) is 4.26. The first-order valence-corrected chi connectivity index (χ1v) is 3.87. The Morgan fingerprint density at radius 3 is 2.31 bits per heavy atom. The third-order valence-corrected chi connectivity index (χ3v) is 1.63. The van der Waals surface area contributed by atoms with Crippen LogP contribution in [0, 0.1) is 0 Å². The Bertz CT molecular complexity index is 210. The fourth-order valence-corrected chi connectivity index (χ4v) is 0.712. The van der Waals surface area contributed by atoms with Gasteiger partial charge in [0.1, 0.15) is 5.50 Å². The lowest BCUT2D eigenvalue weighted by atomic mass is 10.4. The van der Waals surface area contributed by atoms with Gasteiger partial charge < -0.3 is 4.90 Å². The summed E-state index contributed by atoms with van der Waals surface area (Å²) in [7, 11) is 1.22. The van der Waals surface area contributed by atoms with Gasteiger partial charge in [0.2, 0.25) is 5.84 Å². The maximum atomic E-state index is 12.2. The standard InChI is InChI=1S/C7H10ClF3N2/c1-4-12-6(7(9,10)11)13(3)5(2)8/h4-5H,1H2,2-3H3. The van der Waals surface area contributed by atoms with Gasteiger partial charge in [0.05, 0.1) is 0 Å². The molecule has 0 N–H and O–H groups in total. The van der Waals surface area contributed by atoms with Crippen LogP contribution in [-0.4, -0.2) is 29.5 Å². The summed E-state index contributed by atoms with van der Waals surface area (Å²) in [5.41, 5.74) is -0.777. The molecule has 1 unspecified atom stereocenters. The molecule has 0 aromatic carbocycles. The summed E-state index contributed by atoms with van der Waals surface area (Å²) in [5, 5.41) is 0. The maximum Gasteiger partial charge on any atom is 0.449 e. The van der Waals surface area contributed by atoms with Crippen LogP contribution in [0.5, 0.6) is 0 Å². The van der Waals surface area contributed by atoms with Crippen molar-refractivity contribution in [2.45, 2.75) is 18.6 Å². The molecule has 0 rings (SSSR count). The van der Waals surface area contributed by atoms with Crippen molar-refractivity contribution >= 4 is 17.4 Å². The predicted molar refractivity (Wildman–Crippen MR) is 46.8 cm³/mol. The van der Waals surface area contributed by atoms with Crippen molar-refractivity contribution < 1.29 is 13.2 Å². The number of hydrogen-bond acceptors (Lipinski definition) is 1. The summed E-state index contributed by atoms with van der Waals surface area (Å²) >= 11 is 5.48. The first-order valence-electron chi connectivity index (χ1n) is 3.43. The van der Waals surface area contributed by atoms with Gasteiger partial charge in [-0.25, -0.2) is 4.99 Å². The number of alkyl halides is 4. The largest absolute Gasteiger partial charge is 0.449 e. The highest BCUT2D eigenvalue weighted by atomic mass is 35.5. The Labute approximate surface area is 79.7 Å². The van der Waals surface area contributed by atoms with Crippen LogP contribution in [0.4, 0.5) is 13.2 Å². The van der Waals surface area contributed by atoms with Crippen molar-refractivity contribution in [3.8, 4) is 0 Å². The quantitative estimate of drug-likeness (QED) is 0.299. The van der Waals surface area contributed by atoms with Crippen molar-refractivity contribution in [2.24, 2.45) is 4.99 Å². The molecule has 0 aliphatic rings. The third kappa shape index (κ3) is 3.67. The molecule has 0 spiro atoms. The number of amidine groups is 1. The summed E-state index contributed by atoms with van der Waals surface area (Å²) in [6.45, 7) is 4.52. The van der Waals surface area contributed by atoms with Gasteiger partial charge in [-0.05, 0) is 6.92 Å². The smallest absolute Gasteiger partial charge is 0.339 e. The first kappa shape index (κ1) is 12.3. The van der Waals surface area contributed by atoms with E-state index in [-0.39, 0.29) is 0 Å². The summed E-state index contributed by atoms with van der Waals surface area (Å²) in [6.07, 6.45) is -3.68. The molecule has 13 heavy (non-hydrogen) atoms. The highest BCUT2D eigenvalue weighted by Gasteiger charge is 2.39. The van der Waals surface area contributed by atoms with Crippen LogP contribution < -0.4 is 0 Å². The minimum absolute atomic E-state index is 0.777. The molecule has 0 radical (unpaired) electrons. The number of hydrogen-bond donors (Lipinski definition) is 0. The molecule has 76 valence electrons. The highest BCUT2D eigenvalue weighted by molar-refractivity contribution is 6.21. The molecular formula is C7H10ClF3N2. The van der Waals surface area contributed by atoms with Crippen LogP contribution in [0.3, 0.4) is 0 Å². The van der Waals surface area contributed by atoms with Gasteiger partial charge in [-0.2, -0.15) is 13.2 Å². The van der Waals surface area contributed by atoms with E-state index in [1.165, 1.54) is 14.0 Å². The predicted octanol–water partition coefficient (Wildman–Crippen LogP) is 2.61. The molecule has 1 atom stereocenters. The minimum Gasteiger partial charge on any atom is -0.339 e. The number of rotatable bonds is 2. The molecule has 0 saturated carbocycles. The first-order chi connectivity index (χ1) is 5.80. The second-order valence-electron chi connectivity index (χ2n) is 2.32. The van der Waals surface area contributed by atoms with Crippen LogP contribution in [0.1, 0.15) is 6.92 Å². The van der Waals surface area contributed by atoms with E-state index in [0.29, 0.717) is 0 Å². The fourth-order valence-electron chi connectivity index (χ4n) is 0.619. The lowest BCUT2D eigenvalue weighted by Crippen LogP contribution is -2.41. The molecule has 6 heteroatoms. The van der Waals surface area contributed by atoms with Gasteiger partial charge in [0.15, 0.2) is 0 Å². The summed E-state index contributed by atoms with van der Waals surface area (Å²) in [4.78, 5) is 3.94. The molecular weight excluding hydrogens is 205 g/mol. The number of halogens is 4. The molecule has 0 aliphatic heterocycles. The van der Waals surface area contributed by atoms with Crippen LogP contribution in [0.25, 0.3) is 0 Å². The fraction of sp³-hybridized carbons (Fsp3) is 0.571. The lowest BCUT2D eigenvalue weighted by molar-refractivity contribution is -0.0681. The molecule has 0 fully saturated rings. The zero-order valence-corrected chi connectivity index (χ0v) is 8.02. The van der Waals surface area contributed by atoms with Crippen LogP contribution in [0.15, 0.2) is 17.8 Å². The normalized spacial score (nSPS) is 15.4. The van der Waals surface area contributed by atoms with E-state index >= 15 is 0 Å². The van der Waals surface area contributed by atoms with E-state index in [4.69, 9.17) is 11.6 Å². The maximum absolute atomic E-state index is 12.2. The summed E-state index contributed by atoms with van der Waals surface area (Å²) in [5.74, 6) is -1.05. The van der Waals surface area contributed by atoms with Gasteiger partial charge in [-0.1, -0.05) is 18.2 Å². The monoisotopic (exact) mass is 214 g/mol. The third-order valence-electron chi connectivity index (χ3n) is 1.33. The SMILES string of the molecule is C=CN=C(N(C)C(C)Cl)C(F)(F)F. The van der Waals surface area contributed by atoms with E-state index in [9.17, 15) is 13.2 Å².